The number of carbonyl (C=O) groups excluding carboxylic acids is 1. The average molecular weight is 301 g/mol. The van der Waals surface area contributed by atoms with Crippen LogP contribution in [0.1, 0.15) is 38.1 Å². The summed E-state index contributed by atoms with van der Waals surface area (Å²) in [7, 11) is 0. The maximum atomic E-state index is 12.7. The van der Waals surface area contributed by atoms with Crippen LogP contribution in [0.4, 0.5) is 5.69 Å². The first kappa shape index (κ1) is 14.6. The standard InChI is InChI=1S/C16H19N3O3/c1-2-7-14-17-19(16(21)22-14)13-10-6-11-18(15(13)20)12-8-4-3-5-9-12/h3-5,8-9,13H,2,6-7,10-11H2,1H3/t13-/m0/s1. The monoisotopic (exact) mass is 301 g/mol. The van der Waals surface area contributed by atoms with E-state index in [1.807, 2.05) is 37.3 Å². The van der Waals surface area contributed by atoms with Gasteiger partial charge < -0.3 is 9.32 Å². The molecule has 22 heavy (non-hydrogen) atoms. The van der Waals surface area contributed by atoms with Crippen LogP contribution in [-0.4, -0.2) is 22.2 Å². The zero-order chi connectivity index (χ0) is 15.5. The van der Waals surface area contributed by atoms with Gasteiger partial charge in [0.25, 0.3) is 5.91 Å². The van der Waals surface area contributed by atoms with E-state index in [-0.39, 0.29) is 5.91 Å². The van der Waals surface area contributed by atoms with E-state index in [9.17, 15) is 9.59 Å². The van der Waals surface area contributed by atoms with E-state index in [1.165, 1.54) is 4.68 Å². The molecule has 1 aliphatic heterocycles. The molecule has 2 aromatic rings. The Morgan fingerprint density at radius 2 is 2.05 bits per heavy atom. The molecule has 0 spiro atoms. The fourth-order valence-electron chi connectivity index (χ4n) is 2.79. The van der Waals surface area contributed by atoms with E-state index < -0.39 is 11.8 Å². The van der Waals surface area contributed by atoms with Crippen LogP contribution in [0.5, 0.6) is 0 Å². The molecular formula is C16H19N3O3. The topological polar surface area (TPSA) is 68.3 Å². The molecule has 1 aromatic heterocycles. The largest absolute Gasteiger partial charge is 0.437 e. The normalized spacial score (nSPS) is 18.7. The third kappa shape index (κ3) is 2.68. The number of aryl methyl sites for hydroxylation is 1. The molecular weight excluding hydrogens is 282 g/mol. The van der Waals surface area contributed by atoms with Crippen molar-refractivity contribution in [1.82, 2.24) is 9.78 Å². The summed E-state index contributed by atoms with van der Waals surface area (Å²) in [4.78, 5) is 26.4. The van der Waals surface area contributed by atoms with Gasteiger partial charge in [-0.3, -0.25) is 4.79 Å². The zero-order valence-corrected chi connectivity index (χ0v) is 12.6. The molecule has 0 aliphatic carbocycles. The first-order valence-corrected chi connectivity index (χ1v) is 7.65. The number of hydrogen-bond donors (Lipinski definition) is 0. The highest BCUT2D eigenvalue weighted by Crippen LogP contribution is 2.26. The number of para-hydroxylation sites is 1. The van der Waals surface area contributed by atoms with Gasteiger partial charge in [0.2, 0.25) is 5.89 Å². The van der Waals surface area contributed by atoms with Crippen molar-refractivity contribution < 1.29 is 9.21 Å². The summed E-state index contributed by atoms with van der Waals surface area (Å²) >= 11 is 0. The molecule has 0 radical (unpaired) electrons. The van der Waals surface area contributed by atoms with Gasteiger partial charge in [0.05, 0.1) is 0 Å². The molecule has 1 aliphatic rings. The predicted molar refractivity (Wildman–Crippen MR) is 81.8 cm³/mol. The molecule has 1 atom stereocenters. The summed E-state index contributed by atoms with van der Waals surface area (Å²) in [6.45, 7) is 2.65. The van der Waals surface area contributed by atoms with Crippen molar-refractivity contribution in [1.29, 1.82) is 0 Å². The summed E-state index contributed by atoms with van der Waals surface area (Å²) < 4.78 is 6.33. The predicted octanol–water partition coefficient (Wildman–Crippen LogP) is 2.16. The van der Waals surface area contributed by atoms with Gasteiger partial charge >= 0.3 is 5.76 Å². The number of nitrogens with zero attached hydrogens (tertiary/aromatic N) is 3. The SMILES string of the molecule is CCCc1nn([C@H]2CCCN(c3ccccc3)C2=O)c(=O)o1. The molecule has 2 heterocycles. The van der Waals surface area contributed by atoms with Crippen LogP contribution >= 0.6 is 0 Å². The van der Waals surface area contributed by atoms with Crippen molar-refractivity contribution in [2.75, 3.05) is 11.4 Å². The lowest BCUT2D eigenvalue weighted by Crippen LogP contribution is -2.44. The van der Waals surface area contributed by atoms with Crippen molar-refractivity contribution in [3.8, 4) is 0 Å². The number of aromatic nitrogens is 2. The minimum atomic E-state index is -0.573. The van der Waals surface area contributed by atoms with Crippen molar-refractivity contribution >= 4 is 11.6 Å². The number of piperidine rings is 1. The summed E-state index contributed by atoms with van der Waals surface area (Å²) in [6.07, 6.45) is 2.88. The van der Waals surface area contributed by atoms with E-state index in [4.69, 9.17) is 4.42 Å². The first-order valence-electron chi connectivity index (χ1n) is 7.65. The minimum Gasteiger partial charge on any atom is -0.392 e. The van der Waals surface area contributed by atoms with Crippen LogP contribution in [0, 0.1) is 0 Å². The molecule has 1 saturated heterocycles. The number of amides is 1. The van der Waals surface area contributed by atoms with Gasteiger partial charge in [-0.05, 0) is 31.4 Å². The molecule has 1 amide bonds. The van der Waals surface area contributed by atoms with E-state index in [2.05, 4.69) is 5.10 Å². The quantitative estimate of drug-likeness (QED) is 0.868. The van der Waals surface area contributed by atoms with E-state index in [0.717, 1.165) is 18.5 Å². The molecule has 0 bridgehead atoms. The van der Waals surface area contributed by atoms with Crippen LogP contribution < -0.4 is 10.7 Å². The molecule has 6 heteroatoms. The Morgan fingerprint density at radius 3 is 2.77 bits per heavy atom. The first-order chi connectivity index (χ1) is 10.7. The van der Waals surface area contributed by atoms with Crippen molar-refractivity contribution in [3.63, 3.8) is 0 Å². The molecule has 1 fully saturated rings. The summed E-state index contributed by atoms with van der Waals surface area (Å²) in [5.41, 5.74) is 0.850. The molecule has 6 nitrogen and oxygen atoms in total. The smallest absolute Gasteiger partial charge is 0.392 e. The van der Waals surface area contributed by atoms with Gasteiger partial charge in [-0.1, -0.05) is 25.1 Å². The van der Waals surface area contributed by atoms with E-state index in [1.54, 1.807) is 4.90 Å². The molecule has 0 N–H and O–H groups in total. The zero-order valence-electron chi connectivity index (χ0n) is 12.6. The lowest BCUT2D eigenvalue weighted by atomic mass is 10.0. The van der Waals surface area contributed by atoms with Gasteiger partial charge in [0.15, 0.2) is 0 Å². The highest BCUT2D eigenvalue weighted by atomic mass is 16.4. The van der Waals surface area contributed by atoms with Crippen LogP contribution in [0.25, 0.3) is 0 Å². The van der Waals surface area contributed by atoms with Crippen LogP contribution in [0.3, 0.4) is 0 Å². The third-order valence-electron chi connectivity index (χ3n) is 3.85. The Labute approximate surface area is 128 Å². The van der Waals surface area contributed by atoms with Crippen LogP contribution in [-0.2, 0) is 11.2 Å². The van der Waals surface area contributed by atoms with Crippen LogP contribution in [0.15, 0.2) is 39.5 Å². The van der Waals surface area contributed by atoms with Crippen molar-refractivity contribution in [3.05, 3.63) is 46.8 Å². The summed E-state index contributed by atoms with van der Waals surface area (Å²) in [5, 5.41) is 4.19. The fourth-order valence-corrected chi connectivity index (χ4v) is 2.79. The van der Waals surface area contributed by atoms with E-state index in [0.29, 0.717) is 25.3 Å². The summed E-state index contributed by atoms with van der Waals surface area (Å²) in [6, 6.07) is 8.93. The molecule has 3 rings (SSSR count). The third-order valence-corrected chi connectivity index (χ3v) is 3.85. The highest BCUT2D eigenvalue weighted by Gasteiger charge is 2.33. The van der Waals surface area contributed by atoms with Crippen molar-refractivity contribution in [2.24, 2.45) is 0 Å². The van der Waals surface area contributed by atoms with Gasteiger partial charge in [-0.2, -0.15) is 4.68 Å². The maximum absolute atomic E-state index is 12.7. The fraction of sp³-hybridized carbons (Fsp3) is 0.438. The van der Waals surface area contributed by atoms with Crippen LogP contribution in [0.2, 0.25) is 0 Å². The Morgan fingerprint density at radius 1 is 1.27 bits per heavy atom. The van der Waals surface area contributed by atoms with Gasteiger partial charge in [-0.15, -0.1) is 5.10 Å². The minimum absolute atomic E-state index is 0.101. The Balaban J connectivity index is 1.88. The van der Waals surface area contributed by atoms with E-state index >= 15 is 0 Å². The Hall–Kier alpha value is -2.37. The Kier molecular flexibility index (Phi) is 4.09. The average Bonchev–Trinajstić information content (AvgIpc) is 2.89. The lowest BCUT2D eigenvalue weighted by Gasteiger charge is -2.31. The highest BCUT2D eigenvalue weighted by molar-refractivity contribution is 5.96. The van der Waals surface area contributed by atoms with Crippen molar-refractivity contribution in [2.45, 2.75) is 38.6 Å². The number of hydrogen-bond acceptors (Lipinski definition) is 4. The molecule has 1 aromatic carbocycles. The molecule has 0 unspecified atom stereocenters. The molecule has 0 saturated carbocycles. The maximum Gasteiger partial charge on any atom is 0.437 e. The number of anilines is 1. The number of carbonyl (C=O) groups is 1. The lowest BCUT2D eigenvalue weighted by molar-refractivity contribution is -0.123. The summed E-state index contributed by atoms with van der Waals surface area (Å²) in [5.74, 6) is -0.246. The second kappa shape index (κ2) is 6.17. The van der Waals surface area contributed by atoms with Gasteiger partial charge in [0, 0.05) is 18.7 Å². The number of benzene rings is 1. The van der Waals surface area contributed by atoms with Gasteiger partial charge in [0.1, 0.15) is 6.04 Å². The molecule has 116 valence electrons. The Bertz CT molecular complexity index is 705. The second-order valence-corrected chi connectivity index (χ2v) is 5.44. The number of rotatable bonds is 4. The second-order valence-electron chi connectivity index (χ2n) is 5.44. The van der Waals surface area contributed by atoms with Gasteiger partial charge in [-0.25, -0.2) is 4.79 Å².